The fourth-order valence-electron chi connectivity index (χ4n) is 0.547. The third kappa shape index (κ3) is 2.51. The monoisotopic (exact) mass is 172 g/mol. The van der Waals surface area contributed by atoms with Crippen LogP contribution in [0.5, 0.6) is 0 Å². The Balaban J connectivity index is 2.56. The van der Waals surface area contributed by atoms with Crippen LogP contribution >= 0.6 is 11.8 Å². The van der Waals surface area contributed by atoms with Gasteiger partial charge < -0.3 is 5.73 Å². The van der Waals surface area contributed by atoms with Crippen molar-refractivity contribution in [3.05, 3.63) is 6.33 Å². The molecule has 5 heteroatoms. The fourth-order valence-corrected chi connectivity index (χ4v) is 1.35. The summed E-state index contributed by atoms with van der Waals surface area (Å²) in [6, 6.07) is 0. The van der Waals surface area contributed by atoms with Gasteiger partial charge in [-0.1, -0.05) is 11.8 Å². The lowest BCUT2D eigenvalue weighted by Crippen LogP contribution is -2.26. The van der Waals surface area contributed by atoms with Crippen molar-refractivity contribution in [3.63, 3.8) is 0 Å². The van der Waals surface area contributed by atoms with Gasteiger partial charge in [0.2, 0.25) is 0 Å². The topological polar surface area (TPSA) is 67.6 Å². The van der Waals surface area contributed by atoms with Crippen LogP contribution in [0.3, 0.4) is 0 Å². The molecule has 0 amide bonds. The molecule has 1 heterocycles. The van der Waals surface area contributed by atoms with Gasteiger partial charge in [0.05, 0.1) is 0 Å². The van der Waals surface area contributed by atoms with Crippen molar-refractivity contribution in [2.45, 2.75) is 23.8 Å². The molecule has 0 aliphatic rings. The lowest BCUT2D eigenvalue weighted by molar-refractivity contribution is 0.718. The first-order valence-electron chi connectivity index (χ1n) is 3.38. The maximum absolute atomic E-state index is 5.54. The number of rotatable bonds is 3. The van der Waals surface area contributed by atoms with Crippen molar-refractivity contribution in [2.75, 3.05) is 6.54 Å². The van der Waals surface area contributed by atoms with Gasteiger partial charge in [0.25, 0.3) is 0 Å². The van der Waals surface area contributed by atoms with Gasteiger partial charge in [-0.2, -0.15) is 5.10 Å². The van der Waals surface area contributed by atoms with Crippen molar-refractivity contribution in [1.82, 2.24) is 15.2 Å². The molecule has 11 heavy (non-hydrogen) atoms. The first-order valence-corrected chi connectivity index (χ1v) is 4.20. The van der Waals surface area contributed by atoms with Crippen molar-refractivity contribution < 1.29 is 0 Å². The quantitative estimate of drug-likeness (QED) is 0.656. The third-order valence-electron chi connectivity index (χ3n) is 1.26. The maximum atomic E-state index is 5.54. The van der Waals surface area contributed by atoms with Crippen LogP contribution < -0.4 is 5.73 Å². The van der Waals surface area contributed by atoms with Crippen LogP contribution in [0.4, 0.5) is 0 Å². The third-order valence-corrected chi connectivity index (χ3v) is 2.37. The molecule has 0 spiro atoms. The fraction of sp³-hybridized carbons (Fsp3) is 0.667. The molecule has 3 N–H and O–H groups in total. The standard InChI is InChI=1S/C6H12N4S/c1-6(2,3-7)11-5-8-4-9-10-5/h4H,3,7H2,1-2H3,(H,8,9,10). The van der Waals surface area contributed by atoms with Crippen LogP contribution in [0.2, 0.25) is 0 Å². The summed E-state index contributed by atoms with van der Waals surface area (Å²) in [5, 5.41) is 7.34. The van der Waals surface area contributed by atoms with E-state index in [1.165, 1.54) is 6.33 Å². The molecular formula is C6H12N4S. The zero-order valence-electron chi connectivity index (χ0n) is 6.66. The minimum Gasteiger partial charge on any atom is -0.329 e. The van der Waals surface area contributed by atoms with Gasteiger partial charge in [-0.25, -0.2) is 4.98 Å². The maximum Gasteiger partial charge on any atom is 0.183 e. The summed E-state index contributed by atoms with van der Waals surface area (Å²) in [7, 11) is 0. The predicted octanol–water partition coefficient (Wildman–Crippen LogP) is 0.634. The molecule has 1 rings (SSSR count). The molecule has 1 aromatic rings. The molecule has 0 aliphatic heterocycles. The second kappa shape index (κ2) is 3.23. The van der Waals surface area contributed by atoms with Crippen LogP contribution in [-0.4, -0.2) is 26.5 Å². The first-order chi connectivity index (χ1) is 5.14. The van der Waals surface area contributed by atoms with E-state index in [0.29, 0.717) is 6.54 Å². The second-order valence-corrected chi connectivity index (χ2v) is 4.55. The van der Waals surface area contributed by atoms with Crippen molar-refractivity contribution in [2.24, 2.45) is 5.73 Å². The Bertz CT molecular complexity index is 206. The number of nitrogens with two attached hydrogens (primary N) is 1. The molecule has 0 saturated carbocycles. The highest BCUT2D eigenvalue weighted by molar-refractivity contribution is 8.00. The molecule has 62 valence electrons. The van der Waals surface area contributed by atoms with E-state index < -0.39 is 0 Å². The lowest BCUT2D eigenvalue weighted by atomic mass is 10.2. The van der Waals surface area contributed by atoms with Gasteiger partial charge in [-0.15, -0.1) is 0 Å². The number of thioether (sulfide) groups is 1. The summed E-state index contributed by atoms with van der Waals surface area (Å²) in [6.07, 6.45) is 1.49. The van der Waals surface area contributed by atoms with Gasteiger partial charge in [-0.3, -0.25) is 5.10 Å². The number of hydrogen-bond donors (Lipinski definition) is 2. The molecule has 0 atom stereocenters. The summed E-state index contributed by atoms with van der Waals surface area (Å²) in [6.45, 7) is 4.76. The summed E-state index contributed by atoms with van der Waals surface area (Å²) in [5.74, 6) is 0. The molecule has 0 aliphatic carbocycles. The summed E-state index contributed by atoms with van der Waals surface area (Å²) < 4.78 is 0.0273. The predicted molar refractivity (Wildman–Crippen MR) is 45.4 cm³/mol. The van der Waals surface area contributed by atoms with E-state index in [9.17, 15) is 0 Å². The summed E-state index contributed by atoms with van der Waals surface area (Å²) in [5.41, 5.74) is 5.54. The number of nitrogens with zero attached hydrogens (tertiary/aromatic N) is 2. The highest BCUT2D eigenvalue weighted by atomic mass is 32.2. The smallest absolute Gasteiger partial charge is 0.183 e. The van der Waals surface area contributed by atoms with Gasteiger partial charge in [-0.05, 0) is 13.8 Å². The Kier molecular flexibility index (Phi) is 2.51. The molecule has 0 fully saturated rings. The van der Waals surface area contributed by atoms with E-state index >= 15 is 0 Å². The zero-order valence-corrected chi connectivity index (χ0v) is 7.48. The van der Waals surface area contributed by atoms with Crippen LogP contribution in [0.15, 0.2) is 11.5 Å². The Morgan fingerprint density at radius 1 is 1.73 bits per heavy atom. The Hall–Kier alpha value is -0.550. The number of aromatic nitrogens is 3. The lowest BCUT2D eigenvalue weighted by Gasteiger charge is -2.18. The Morgan fingerprint density at radius 3 is 2.91 bits per heavy atom. The Morgan fingerprint density at radius 2 is 2.45 bits per heavy atom. The van der Waals surface area contributed by atoms with Crippen molar-refractivity contribution in [3.8, 4) is 0 Å². The SMILES string of the molecule is CC(C)(CN)Sc1ncn[nH]1. The molecule has 1 aromatic heterocycles. The highest BCUT2D eigenvalue weighted by Crippen LogP contribution is 2.27. The molecule has 0 bridgehead atoms. The van der Waals surface area contributed by atoms with E-state index in [1.807, 2.05) is 0 Å². The van der Waals surface area contributed by atoms with Crippen molar-refractivity contribution >= 4 is 11.8 Å². The molecule has 0 radical (unpaired) electrons. The van der Waals surface area contributed by atoms with E-state index in [1.54, 1.807) is 11.8 Å². The first kappa shape index (κ1) is 8.55. The average molecular weight is 172 g/mol. The minimum absolute atomic E-state index is 0.0273. The number of H-pyrrole nitrogens is 1. The normalized spacial score (nSPS) is 11.9. The molecular weight excluding hydrogens is 160 g/mol. The molecule has 4 nitrogen and oxygen atoms in total. The average Bonchev–Trinajstić information content (AvgIpc) is 2.39. The van der Waals surface area contributed by atoms with E-state index in [2.05, 4.69) is 29.0 Å². The number of hydrogen-bond acceptors (Lipinski definition) is 4. The van der Waals surface area contributed by atoms with Crippen LogP contribution in [0, 0.1) is 0 Å². The van der Waals surface area contributed by atoms with Gasteiger partial charge in [0.15, 0.2) is 5.16 Å². The summed E-state index contributed by atoms with van der Waals surface area (Å²) >= 11 is 1.60. The zero-order chi connectivity index (χ0) is 8.32. The van der Waals surface area contributed by atoms with Gasteiger partial charge >= 0.3 is 0 Å². The minimum atomic E-state index is 0.0273. The second-order valence-electron chi connectivity index (χ2n) is 2.86. The highest BCUT2D eigenvalue weighted by Gasteiger charge is 2.18. The summed E-state index contributed by atoms with van der Waals surface area (Å²) in [4.78, 5) is 3.99. The largest absolute Gasteiger partial charge is 0.329 e. The number of nitrogens with one attached hydrogen (secondary N) is 1. The van der Waals surface area contributed by atoms with Crippen LogP contribution in [-0.2, 0) is 0 Å². The van der Waals surface area contributed by atoms with Gasteiger partial charge in [0.1, 0.15) is 6.33 Å². The molecule has 0 unspecified atom stereocenters. The van der Waals surface area contributed by atoms with Gasteiger partial charge in [0, 0.05) is 11.3 Å². The Labute approximate surface area is 70.0 Å². The number of aromatic amines is 1. The van der Waals surface area contributed by atoms with E-state index in [0.717, 1.165) is 5.16 Å². The molecule has 0 saturated heterocycles. The molecule has 0 aromatic carbocycles. The van der Waals surface area contributed by atoms with Crippen LogP contribution in [0.1, 0.15) is 13.8 Å². The van der Waals surface area contributed by atoms with Crippen LogP contribution in [0.25, 0.3) is 0 Å². The van der Waals surface area contributed by atoms with E-state index in [-0.39, 0.29) is 4.75 Å². The van der Waals surface area contributed by atoms with E-state index in [4.69, 9.17) is 5.73 Å². The van der Waals surface area contributed by atoms with Crippen molar-refractivity contribution in [1.29, 1.82) is 0 Å².